The zero-order valence-electron chi connectivity index (χ0n) is 29.5. The van der Waals surface area contributed by atoms with Gasteiger partial charge in [0.1, 0.15) is 0 Å². The van der Waals surface area contributed by atoms with Crippen molar-refractivity contribution in [3.63, 3.8) is 0 Å². The van der Waals surface area contributed by atoms with Crippen LogP contribution in [0.3, 0.4) is 0 Å². The minimum Gasteiger partial charge on any atom is -0.330 e. The fraction of sp³-hybridized carbons (Fsp3) is 0.538. The van der Waals surface area contributed by atoms with Crippen LogP contribution in [-0.4, -0.2) is 45.1 Å². The predicted octanol–water partition coefficient (Wildman–Crippen LogP) is 8.18. The van der Waals surface area contributed by atoms with E-state index in [1.807, 2.05) is 0 Å². The van der Waals surface area contributed by atoms with Crippen LogP contribution in [0.4, 0.5) is 0 Å². The zero-order valence-corrected chi connectivity index (χ0v) is 29.5. The van der Waals surface area contributed by atoms with E-state index in [1.54, 1.807) is 0 Å². The van der Waals surface area contributed by atoms with Crippen LogP contribution >= 0.6 is 0 Å². The molecule has 0 spiro atoms. The Hall–Kier alpha value is -3.22. The van der Waals surface area contributed by atoms with E-state index in [0.29, 0.717) is 23.8 Å². The van der Waals surface area contributed by atoms with Gasteiger partial charge in [0.15, 0.2) is 0 Å². The van der Waals surface area contributed by atoms with E-state index in [4.69, 9.17) is 15.9 Å². The number of benzene rings is 2. The van der Waals surface area contributed by atoms with E-state index in [2.05, 4.69) is 120 Å². The molecule has 2 aromatic heterocycles. The van der Waals surface area contributed by atoms with Gasteiger partial charge in [0.25, 0.3) is 0 Å². The van der Waals surface area contributed by atoms with Crippen LogP contribution in [0, 0.1) is 39.5 Å². The first-order valence-corrected chi connectivity index (χ1v) is 17.1. The highest BCUT2D eigenvalue weighted by Crippen LogP contribution is 2.39. The van der Waals surface area contributed by atoms with Crippen molar-refractivity contribution in [2.24, 2.45) is 17.6 Å². The number of aromatic nitrogens is 4. The number of nitrogens with zero attached hydrogens (tertiary/aromatic N) is 5. The van der Waals surface area contributed by atoms with Gasteiger partial charge in [-0.2, -0.15) is 10.2 Å². The van der Waals surface area contributed by atoms with E-state index < -0.39 is 0 Å². The molecular formula is C39H56N6. The summed E-state index contributed by atoms with van der Waals surface area (Å²) in [5.41, 5.74) is 21.9. The summed E-state index contributed by atoms with van der Waals surface area (Å²) in [5.74, 6) is 1.74. The molecule has 0 saturated carbocycles. The molecule has 4 aromatic rings. The SMILES string of the molecule is Cc1nn(CC(C)C)c(C)c1-c1ccc2c(c1)C(CN)CC2.Cc1nn(CC(C)C)c(C)c1-c1ccc2c(c1)C(N(C)C)CC2. The molecule has 0 radical (unpaired) electrons. The Balaban J connectivity index is 0.000000178. The highest BCUT2D eigenvalue weighted by Gasteiger charge is 2.26. The van der Waals surface area contributed by atoms with Crippen molar-refractivity contribution < 1.29 is 0 Å². The number of fused-ring (bicyclic) bond motifs is 2. The summed E-state index contributed by atoms with van der Waals surface area (Å²) in [6.07, 6.45) is 4.79. The number of hydrogen-bond donors (Lipinski definition) is 1. The van der Waals surface area contributed by atoms with Crippen molar-refractivity contribution in [3.05, 3.63) is 81.4 Å². The number of aryl methyl sites for hydroxylation is 4. The molecule has 2 unspecified atom stereocenters. The second kappa shape index (κ2) is 13.6. The van der Waals surface area contributed by atoms with Gasteiger partial charge in [-0.1, -0.05) is 58.0 Å². The monoisotopic (exact) mass is 608 g/mol. The Morgan fingerprint density at radius 2 is 1.20 bits per heavy atom. The van der Waals surface area contributed by atoms with Gasteiger partial charge in [0.05, 0.1) is 11.4 Å². The summed E-state index contributed by atoms with van der Waals surface area (Å²) in [5, 5.41) is 9.53. The lowest BCUT2D eigenvalue weighted by Crippen LogP contribution is -2.17. The summed E-state index contributed by atoms with van der Waals surface area (Å²) in [6.45, 7) is 20.3. The molecule has 242 valence electrons. The van der Waals surface area contributed by atoms with E-state index in [-0.39, 0.29) is 0 Å². The molecule has 0 fully saturated rings. The van der Waals surface area contributed by atoms with Crippen molar-refractivity contribution in [1.29, 1.82) is 0 Å². The summed E-state index contributed by atoms with van der Waals surface area (Å²) in [7, 11) is 4.37. The maximum atomic E-state index is 5.94. The van der Waals surface area contributed by atoms with Crippen LogP contribution in [0.15, 0.2) is 36.4 Å². The Morgan fingerprint density at radius 3 is 1.67 bits per heavy atom. The van der Waals surface area contributed by atoms with Crippen LogP contribution in [0.2, 0.25) is 0 Å². The molecule has 0 bridgehead atoms. The minimum absolute atomic E-state index is 0.529. The molecule has 6 rings (SSSR count). The molecule has 6 nitrogen and oxygen atoms in total. The van der Waals surface area contributed by atoms with Crippen molar-refractivity contribution in [1.82, 2.24) is 24.5 Å². The zero-order chi connectivity index (χ0) is 32.6. The highest BCUT2D eigenvalue weighted by molar-refractivity contribution is 5.71. The number of hydrogen-bond acceptors (Lipinski definition) is 4. The Morgan fingerprint density at radius 1 is 0.733 bits per heavy atom. The average Bonchev–Trinajstić information content (AvgIpc) is 3.72. The molecule has 2 N–H and O–H groups in total. The Labute approximate surface area is 272 Å². The van der Waals surface area contributed by atoms with Crippen LogP contribution in [0.5, 0.6) is 0 Å². The summed E-state index contributed by atoms with van der Waals surface area (Å²) in [4.78, 5) is 2.34. The van der Waals surface area contributed by atoms with Gasteiger partial charge in [-0.3, -0.25) is 9.36 Å². The molecule has 2 atom stereocenters. The largest absolute Gasteiger partial charge is 0.330 e. The van der Waals surface area contributed by atoms with Crippen molar-refractivity contribution in [2.45, 2.75) is 106 Å². The van der Waals surface area contributed by atoms with Gasteiger partial charge >= 0.3 is 0 Å². The van der Waals surface area contributed by atoms with Crippen LogP contribution in [0.25, 0.3) is 22.3 Å². The van der Waals surface area contributed by atoms with Gasteiger partial charge in [0.2, 0.25) is 0 Å². The second-order valence-electron chi connectivity index (χ2n) is 14.6. The van der Waals surface area contributed by atoms with E-state index in [9.17, 15) is 0 Å². The first-order valence-electron chi connectivity index (χ1n) is 17.1. The van der Waals surface area contributed by atoms with Crippen LogP contribution < -0.4 is 5.73 Å². The molecular weight excluding hydrogens is 552 g/mol. The van der Waals surface area contributed by atoms with Gasteiger partial charge in [-0.15, -0.1) is 0 Å². The maximum absolute atomic E-state index is 5.94. The molecule has 0 aliphatic heterocycles. The van der Waals surface area contributed by atoms with Crippen molar-refractivity contribution >= 4 is 0 Å². The lowest BCUT2D eigenvalue weighted by molar-refractivity contribution is 0.299. The van der Waals surface area contributed by atoms with E-state index in [0.717, 1.165) is 31.0 Å². The fourth-order valence-electron chi connectivity index (χ4n) is 7.64. The Bertz CT molecular complexity index is 1640. The molecule has 0 amide bonds. The highest BCUT2D eigenvalue weighted by atomic mass is 15.3. The standard InChI is InChI=1S/C20H29N3.C19H27N3/c1-13(2)12-23-15(4)20(14(3)21-23)17-8-7-16-9-10-19(22(5)6)18(16)11-17;1-12(2)11-22-14(4)19(13(3)21-22)16-7-5-15-6-8-17(10-20)18(15)9-16/h7-8,11,13,19H,9-10,12H2,1-6H3;5,7,9,12,17H,6,8,10-11,20H2,1-4H3. The normalized spacial score (nSPS) is 17.3. The topological polar surface area (TPSA) is 64.9 Å². The third-order valence-electron chi connectivity index (χ3n) is 9.86. The van der Waals surface area contributed by atoms with Crippen molar-refractivity contribution in [2.75, 3.05) is 20.6 Å². The molecule has 2 heterocycles. The Kier molecular flexibility index (Phi) is 10.0. The van der Waals surface area contributed by atoms with Crippen molar-refractivity contribution in [3.8, 4) is 22.3 Å². The quantitative estimate of drug-likeness (QED) is 0.219. The molecule has 45 heavy (non-hydrogen) atoms. The molecule has 2 aromatic carbocycles. The van der Waals surface area contributed by atoms with Crippen LogP contribution in [0.1, 0.15) is 97.5 Å². The summed E-state index contributed by atoms with van der Waals surface area (Å²) < 4.78 is 4.33. The van der Waals surface area contributed by atoms with Gasteiger partial charge in [-0.05, 0) is 131 Å². The average molecular weight is 609 g/mol. The van der Waals surface area contributed by atoms with E-state index >= 15 is 0 Å². The fourth-order valence-corrected chi connectivity index (χ4v) is 7.64. The molecule has 2 aliphatic rings. The van der Waals surface area contributed by atoms with E-state index in [1.165, 1.54) is 81.6 Å². The number of rotatable bonds is 8. The second-order valence-corrected chi connectivity index (χ2v) is 14.6. The van der Waals surface area contributed by atoms with Gasteiger partial charge in [-0.25, -0.2) is 0 Å². The molecule has 6 heteroatoms. The molecule has 2 aliphatic carbocycles. The number of nitrogens with two attached hydrogens (primary N) is 1. The lowest BCUT2D eigenvalue weighted by Gasteiger charge is -2.20. The predicted molar refractivity (Wildman–Crippen MR) is 189 cm³/mol. The van der Waals surface area contributed by atoms with Crippen LogP contribution in [-0.2, 0) is 25.9 Å². The smallest absolute Gasteiger partial charge is 0.0674 e. The van der Waals surface area contributed by atoms with Gasteiger partial charge in [0, 0.05) is 41.6 Å². The third-order valence-corrected chi connectivity index (χ3v) is 9.86. The maximum Gasteiger partial charge on any atom is 0.0674 e. The molecule has 0 saturated heterocycles. The summed E-state index contributed by atoms with van der Waals surface area (Å²) in [6, 6.07) is 14.5. The first kappa shape index (κ1) is 33.2. The lowest BCUT2D eigenvalue weighted by atomic mass is 9.95. The third kappa shape index (κ3) is 6.83. The first-order chi connectivity index (χ1) is 21.4. The minimum atomic E-state index is 0.529. The van der Waals surface area contributed by atoms with Gasteiger partial charge < -0.3 is 10.6 Å². The summed E-state index contributed by atoms with van der Waals surface area (Å²) >= 11 is 0.